The molecule has 0 radical (unpaired) electrons. The molecule has 28 aromatic carbocycles. The average molecular weight is 1190 g/mol. The van der Waals surface area contributed by atoms with E-state index in [4.69, 9.17) is 32.2 Å². The SMILES string of the molecule is COCCOCCOC(=O)C1(C(=O)OCC(=O)NCCNCCC[Si](OC)(OC)OC)C23c4c5c6c7c8c9c(c%10c%11c2c2c4c4c%12c5c5c6c6c8c8c%13c9c9c%10c%10c%11c%11c2c2c4c4c%12c%12c5c5c6c8c6c8c%13c9c9c%10c%10c%11c2c2c4c4c%12c5c6c5c8c9c%10c2c45)C713. The molecule has 0 atom stereocenters. The lowest BCUT2D eigenvalue weighted by molar-refractivity contribution is -0.168. The third kappa shape index (κ3) is 2.78. The summed E-state index contributed by atoms with van der Waals surface area (Å²) in [5, 5.41) is 82.7. The molecular formula is C78H34N2O10Si. The summed E-state index contributed by atoms with van der Waals surface area (Å²) in [6.07, 6.45) is 0.762. The Labute approximate surface area is 504 Å². The molecule has 91 heavy (non-hydrogen) atoms. The van der Waals surface area contributed by atoms with Gasteiger partial charge < -0.3 is 42.9 Å². The van der Waals surface area contributed by atoms with Crippen molar-refractivity contribution in [3.8, 4) is 0 Å². The van der Waals surface area contributed by atoms with Crippen molar-refractivity contribution in [3.63, 3.8) is 0 Å². The smallest absolute Gasteiger partial charge is 0.462 e. The number of hydrogen-bond donors (Lipinski definition) is 2. The second-order valence-corrected chi connectivity index (χ2v) is 32.9. The summed E-state index contributed by atoms with van der Waals surface area (Å²) in [6, 6.07) is 0.647. The van der Waals surface area contributed by atoms with E-state index < -0.39 is 49.5 Å². The molecule has 0 aromatic heterocycles. The van der Waals surface area contributed by atoms with E-state index in [-0.39, 0.29) is 13.2 Å². The second kappa shape index (κ2) is 11.0. The van der Waals surface area contributed by atoms with Gasteiger partial charge in [-0.3, -0.25) is 14.4 Å². The van der Waals surface area contributed by atoms with Crippen molar-refractivity contribution in [1.82, 2.24) is 10.6 Å². The van der Waals surface area contributed by atoms with Gasteiger partial charge >= 0.3 is 20.7 Å². The lowest BCUT2D eigenvalue weighted by Crippen LogP contribution is -2.43. The summed E-state index contributed by atoms with van der Waals surface area (Å²) < 4.78 is 42.2. The van der Waals surface area contributed by atoms with Gasteiger partial charge in [-0.15, -0.1) is 0 Å². The van der Waals surface area contributed by atoms with Gasteiger partial charge in [0.25, 0.3) is 5.91 Å². The molecule has 1 fully saturated rings. The normalized spacial score (nSPS) is 21.5. The van der Waals surface area contributed by atoms with Gasteiger partial charge in [-0.25, -0.2) is 0 Å². The maximum absolute atomic E-state index is 17.5. The van der Waals surface area contributed by atoms with Crippen molar-refractivity contribution in [1.29, 1.82) is 0 Å². The molecule has 5 aliphatic rings. The summed E-state index contributed by atoms with van der Waals surface area (Å²) in [6.45, 7) is 1.70. The molecule has 12 nitrogen and oxygen atoms in total. The number of rotatable bonds is 20. The quantitative estimate of drug-likeness (QED) is 0.0248. The van der Waals surface area contributed by atoms with Crippen LogP contribution >= 0.6 is 0 Å². The first kappa shape index (κ1) is 42.0. The number of nitrogens with one attached hydrogen (secondary N) is 2. The van der Waals surface area contributed by atoms with E-state index in [0.717, 1.165) is 28.7 Å². The highest BCUT2D eigenvalue weighted by atomic mass is 28.4. The lowest BCUT2D eigenvalue weighted by Gasteiger charge is -2.32. The van der Waals surface area contributed by atoms with Gasteiger partial charge in [0.15, 0.2) is 12.0 Å². The molecule has 1 saturated carbocycles. The molecule has 28 aromatic rings. The molecule has 2 spiro atoms. The van der Waals surface area contributed by atoms with Crippen molar-refractivity contribution >= 4 is 318 Å². The predicted molar refractivity (Wildman–Crippen MR) is 363 cm³/mol. The van der Waals surface area contributed by atoms with Gasteiger partial charge in [0, 0.05) is 47.6 Å². The van der Waals surface area contributed by atoms with E-state index in [2.05, 4.69) is 10.6 Å². The van der Waals surface area contributed by atoms with Gasteiger partial charge in [0.05, 0.1) is 30.7 Å². The highest BCUT2D eigenvalue weighted by Crippen LogP contribution is 2.96. The number of ether oxygens (including phenoxy) is 4. The van der Waals surface area contributed by atoms with Crippen LogP contribution in [-0.4, -0.2) is 108 Å². The molecule has 420 valence electrons. The Morgan fingerprint density at radius 1 is 0.319 bits per heavy atom. The van der Waals surface area contributed by atoms with Gasteiger partial charge in [-0.2, -0.15) is 0 Å². The highest BCUT2D eigenvalue weighted by Gasteiger charge is 3.01. The molecule has 0 aliphatic heterocycles. The fourth-order valence-electron chi connectivity index (χ4n) is 27.5. The van der Waals surface area contributed by atoms with Crippen LogP contribution in [0.4, 0.5) is 0 Å². The van der Waals surface area contributed by atoms with Crippen molar-refractivity contribution in [3.05, 3.63) is 22.3 Å². The highest BCUT2D eigenvalue weighted by molar-refractivity contribution is 6.82. The third-order valence-electron chi connectivity index (χ3n) is 28.6. The van der Waals surface area contributed by atoms with E-state index >= 15 is 9.59 Å². The zero-order chi connectivity index (χ0) is 57.7. The van der Waals surface area contributed by atoms with Crippen LogP contribution in [0, 0.1) is 5.41 Å². The molecule has 0 saturated heterocycles. The predicted octanol–water partition coefficient (Wildman–Crippen LogP) is 15.0. The second-order valence-electron chi connectivity index (χ2n) is 29.8. The summed E-state index contributed by atoms with van der Waals surface area (Å²) in [7, 11) is 3.79. The Balaban J connectivity index is 0.787. The van der Waals surface area contributed by atoms with E-state index in [1.54, 1.807) is 28.4 Å². The maximum Gasteiger partial charge on any atom is 0.500 e. The van der Waals surface area contributed by atoms with Crippen LogP contribution in [-0.2, 0) is 57.4 Å². The van der Waals surface area contributed by atoms with Crippen molar-refractivity contribution < 1.29 is 46.6 Å². The van der Waals surface area contributed by atoms with Crippen molar-refractivity contribution in [2.75, 3.05) is 81.1 Å². The minimum absolute atomic E-state index is 0.0677. The van der Waals surface area contributed by atoms with Crippen LogP contribution < -0.4 is 10.6 Å². The molecule has 33 rings (SSSR count). The minimum Gasteiger partial charge on any atom is -0.462 e. The van der Waals surface area contributed by atoms with E-state index in [9.17, 15) is 4.79 Å². The summed E-state index contributed by atoms with van der Waals surface area (Å²) in [4.78, 5) is 49.5. The Hall–Kier alpha value is -9.15. The van der Waals surface area contributed by atoms with Crippen LogP contribution in [0.5, 0.6) is 0 Å². The maximum atomic E-state index is 17.5. The first-order chi connectivity index (χ1) is 44.9. The Morgan fingerprint density at radius 2 is 0.582 bits per heavy atom. The Bertz CT molecular complexity index is 7320. The van der Waals surface area contributed by atoms with Crippen molar-refractivity contribution in [2.45, 2.75) is 23.3 Å². The van der Waals surface area contributed by atoms with Gasteiger partial charge in [-0.1, -0.05) is 0 Å². The number of benzene rings is 18. The largest absolute Gasteiger partial charge is 0.500 e. The van der Waals surface area contributed by atoms with Crippen LogP contribution in [0.15, 0.2) is 0 Å². The molecule has 0 heterocycles. The summed E-state index contributed by atoms with van der Waals surface area (Å²) in [5.41, 5.74) is -0.0232. The standard InChI is InChI=1S/C78H34N2O10Si/c1-84-9-10-88-11-12-89-74(82)78(75(83)90-14-15(81)80-8-7-79-6-5-13-91(85-2,86-3)87-4)76-70-62-54-44-34-26-18-16-17-20-24-22(18)30-38-32(24)42-36-28(20)29-21(17)25-23-19(16)27(26)35-41-31(23)39-33(25)43-37(29)47-46(36)56-50(42)60-52(38)58(48(54)40(30)34)66(70)68(60)72-64(56)65-57(47)51(43)61-53(39)59-49(41)55(45(35)44)63(62)71(76)67(59)69(61)73(65)77(72,76)78/h79H,5-14H2,1-4H3,(H,80,81). The Kier molecular flexibility index (Phi) is 5.06. The minimum atomic E-state index is -2.73. The molecule has 0 bridgehead atoms. The lowest BCUT2D eigenvalue weighted by atomic mass is 9.68. The van der Waals surface area contributed by atoms with Crippen LogP contribution in [0.1, 0.15) is 28.7 Å². The van der Waals surface area contributed by atoms with Crippen LogP contribution in [0.3, 0.4) is 0 Å². The number of carbonyl (C=O) groups excluding carboxylic acids is 3. The molecule has 0 unspecified atom stereocenters. The molecular weight excluding hydrogens is 1150 g/mol. The first-order valence-electron chi connectivity index (χ1n) is 32.7. The number of esters is 2. The van der Waals surface area contributed by atoms with Gasteiger partial charge in [-0.05, 0) is 326 Å². The van der Waals surface area contributed by atoms with Gasteiger partial charge in [0.1, 0.15) is 6.61 Å². The van der Waals surface area contributed by atoms with Gasteiger partial charge in [0.2, 0.25) is 0 Å². The molecule has 5 aliphatic carbocycles. The van der Waals surface area contributed by atoms with Crippen molar-refractivity contribution in [2.24, 2.45) is 5.41 Å². The average Bonchev–Trinajstić information content (AvgIpc) is 1.36. The fourth-order valence-corrected chi connectivity index (χ4v) is 29.2. The summed E-state index contributed by atoms with van der Waals surface area (Å²) in [5.74, 6) is -1.69. The first-order valence-corrected chi connectivity index (χ1v) is 34.7. The van der Waals surface area contributed by atoms with Crippen LogP contribution in [0.25, 0.3) is 291 Å². The molecule has 1 amide bonds. The third-order valence-corrected chi connectivity index (χ3v) is 31.4. The molecule has 2 N–H and O–H groups in total. The topological polar surface area (TPSA) is 140 Å². The molecule has 13 heteroatoms. The van der Waals surface area contributed by atoms with Crippen LogP contribution in [0.2, 0.25) is 6.04 Å². The number of carbonyl (C=O) groups is 3. The number of amides is 1. The number of methoxy groups -OCH3 is 1. The fraction of sp³-hybridized carbons (Fsp3) is 0.218. The van der Waals surface area contributed by atoms with E-state index in [0.29, 0.717) is 38.9 Å². The monoisotopic (exact) mass is 1190 g/mol. The Morgan fingerprint density at radius 3 is 0.857 bits per heavy atom. The number of hydrogen-bond acceptors (Lipinski definition) is 11. The summed E-state index contributed by atoms with van der Waals surface area (Å²) >= 11 is 0. The zero-order valence-electron chi connectivity index (χ0n) is 48.7. The zero-order valence-corrected chi connectivity index (χ0v) is 49.7. The van der Waals surface area contributed by atoms with E-state index in [1.165, 1.54) is 291 Å². The van der Waals surface area contributed by atoms with E-state index in [1.807, 2.05) is 0 Å².